The van der Waals surface area contributed by atoms with Crippen LogP contribution in [0.25, 0.3) is 11.1 Å². The number of carboxylic acid groups (broad SMARTS) is 1. The van der Waals surface area contributed by atoms with Crippen LogP contribution in [0.2, 0.25) is 0 Å². The van der Waals surface area contributed by atoms with Crippen molar-refractivity contribution in [3.63, 3.8) is 0 Å². The van der Waals surface area contributed by atoms with Gasteiger partial charge in [0, 0.05) is 24.7 Å². The maximum absolute atomic E-state index is 14.7. The van der Waals surface area contributed by atoms with Crippen molar-refractivity contribution in [1.29, 1.82) is 0 Å². The summed E-state index contributed by atoms with van der Waals surface area (Å²) >= 11 is 0. The van der Waals surface area contributed by atoms with Crippen LogP contribution in [0.1, 0.15) is 12.8 Å². The molecule has 1 saturated heterocycles. The number of halogens is 8. The van der Waals surface area contributed by atoms with Crippen LogP contribution in [0.4, 0.5) is 40.8 Å². The number of hydrogen-bond donors (Lipinski definition) is 1. The average molecular weight is 538 g/mol. The van der Waals surface area contributed by atoms with Crippen molar-refractivity contribution in [2.24, 2.45) is 5.92 Å². The SMILES string of the molecule is O=C(O)C1CCN(C(=O)CN2C(=O)C(F)(F)Oc3cc(F)c(-c4c(F)c(F)c(F)c(F)c4F)cc32)CC1. The van der Waals surface area contributed by atoms with Crippen molar-refractivity contribution in [3.8, 4) is 16.9 Å². The van der Waals surface area contributed by atoms with Crippen LogP contribution >= 0.6 is 0 Å². The number of amides is 2. The van der Waals surface area contributed by atoms with Crippen molar-refractivity contribution in [3.05, 3.63) is 47.0 Å². The Kier molecular flexibility index (Phi) is 6.50. The van der Waals surface area contributed by atoms with E-state index < -0.39 is 93.8 Å². The second kappa shape index (κ2) is 9.19. The van der Waals surface area contributed by atoms with Gasteiger partial charge in [0.2, 0.25) is 11.7 Å². The third-order valence-corrected chi connectivity index (χ3v) is 6.04. The molecule has 2 aliphatic rings. The first-order valence-electron chi connectivity index (χ1n) is 10.5. The number of carbonyl (C=O) groups excluding carboxylic acids is 2. The van der Waals surface area contributed by atoms with Crippen molar-refractivity contribution in [2.75, 3.05) is 24.5 Å². The van der Waals surface area contributed by atoms with Crippen LogP contribution in [0.5, 0.6) is 5.75 Å². The van der Waals surface area contributed by atoms with E-state index in [1.54, 1.807) is 0 Å². The molecule has 2 aromatic carbocycles. The largest absolute Gasteiger partial charge is 0.482 e. The Balaban J connectivity index is 1.76. The first-order chi connectivity index (χ1) is 17.2. The molecule has 0 radical (unpaired) electrons. The molecular weight excluding hydrogens is 524 g/mol. The van der Waals surface area contributed by atoms with Gasteiger partial charge in [0.1, 0.15) is 12.4 Å². The van der Waals surface area contributed by atoms with Crippen LogP contribution in [0, 0.1) is 40.8 Å². The van der Waals surface area contributed by atoms with Crippen LogP contribution in [-0.4, -0.2) is 53.5 Å². The molecule has 0 spiro atoms. The lowest BCUT2D eigenvalue weighted by atomic mass is 9.97. The predicted octanol–water partition coefficient (Wildman–Crippen LogP) is 3.83. The van der Waals surface area contributed by atoms with Crippen molar-refractivity contribution in [2.45, 2.75) is 19.0 Å². The topological polar surface area (TPSA) is 87.2 Å². The standard InChI is InChI=1S/C22H14F8N2O5/c23-10-6-12-11(5-9(10)14-15(24)17(26)19(28)18(27)16(14)25)32(21(36)22(29,30)37-12)7-13(33)31-3-1-8(2-4-31)20(34)35/h5-6,8H,1-4,7H2,(H,34,35). The summed E-state index contributed by atoms with van der Waals surface area (Å²) in [7, 11) is 0. The minimum absolute atomic E-state index is 0.0421. The zero-order valence-electron chi connectivity index (χ0n) is 18.3. The molecule has 4 rings (SSSR count). The van der Waals surface area contributed by atoms with Crippen molar-refractivity contribution >= 4 is 23.5 Å². The fourth-order valence-corrected chi connectivity index (χ4v) is 4.09. The second-order valence-electron chi connectivity index (χ2n) is 8.25. The van der Waals surface area contributed by atoms with Crippen LogP contribution in [-0.2, 0) is 14.4 Å². The summed E-state index contributed by atoms with van der Waals surface area (Å²) in [6.45, 7) is -1.28. The molecule has 2 aliphatic heterocycles. The Morgan fingerprint density at radius 2 is 1.49 bits per heavy atom. The van der Waals surface area contributed by atoms with E-state index in [0.717, 1.165) is 4.90 Å². The van der Waals surface area contributed by atoms with E-state index in [4.69, 9.17) is 5.11 Å². The summed E-state index contributed by atoms with van der Waals surface area (Å²) in [6, 6.07) is 0.499. The maximum atomic E-state index is 14.7. The number of ether oxygens (including phenoxy) is 1. The number of likely N-dealkylation sites (tertiary alicyclic amines) is 1. The third-order valence-electron chi connectivity index (χ3n) is 6.04. The highest BCUT2D eigenvalue weighted by Crippen LogP contribution is 2.44. The number of nitrogens with zero attached hydrogens (tertiary/aromatic N) is 2. The van der Waals surface area contributed by atoms with Gasteiger partial charge in [0.25, 0.3) is 0 Å². The molecule has 0 unspecified atom stereocenters. The molecule has 198 valence electrons. The van der Waals surface area contributed by atoms with Gasteiger partial charge in [-0.25, -0.2) is 26.3 Å². The number of carboxylic acids is 1. The third kappa shape index (κ3) is 4.42. The predicted molar refractivity (Wildman–Crippen MR) is 106 cm³/mol. The number of carbonyl (C=O) groups is 3. The Labute approximate surface area is 201 Å². The zero-order valence-corrected chi connectivity index (χ0v) is 18.3. The lowest BCUT2D eigenvalue weighted by Gasteiger charge is -2.36. The van der Waals surface area contributed by atoms with Gasteiger partial charge in [-0.3, -0.25) is 19.3 Å². The normalized spacial score (nSPS) is 17.5. The van der Waals surface area contributed by atoms with Crippen LogP contribution in [0.3, 0.4) is 0 Å². The molecule has 0 aromatic heterocycles. The van der Waals surface area contributed by atoms with E-state index >= 15 is 0 Å². The Hall–Kier alpha value is -3.91. The minimum Gasteiger partial charge on any atom is -0.481 e. The molecule has 2 aromatic rings. The van der Waals surface area contributed by atoms with Gasteiger partial charge in [-0.15, -0.1) is 0 Å². The van der Waals surface area contributed by atoms with Gasteiger partial charge in [0.05, 0.1) is 17.2 Å². The first-order valence-corrected chi connectivity index (χ1v) is 10.5. The molecule has 15 heteroatoms. The molecule has 2 heterocycles. The molecule has 0 aliphatic carbocycles. The van der Waals surface area contributed by atoms with E-state index in [-0.39, 0.29) is 36.9 Å². The molecule has 2 amide bonds. The fourth-order valence-electron chi connectivity index (χ4n) is 4.09. The summed E-state index contributed by atoms with van der Waals surface area (Å²) in [5, 5.41) is 9.05. The Morgan fingerprint density at radius 3 is 2.03 bits per heavy atom. The van der Waals surface area contributed by atoms with Gasteiger partial charge < -0.3 is 14.7 Å². The number of rotatable bonds is 4. The number of benzene rings is 2. The number of fused-ring (bicyclic) bond motifs is 1. The average Bonchev–Trinajstić information content (AvgIpc) is 2.85. The highest BCUT2D eigenvalue weighted by molar-refractivity contribution is 6.05. The summed E-state index contributed by atoms with van der Waals surface area (Å²) in [5.41, 5.74) is -3.82. The van der Waals surface area contributed by atoms with Crippen molar-refractivity contribution < 1.29 is 59.4 Å². The molecule has 0 bridgehead atoms. The molecule has 37 heavy (non-hydrogen) atoms. The zero-order chi connectivity index (χ0) is 27.4. The lowest BCUT2D eigenvalue weighted by Crippen LogP contribution is -2.54. The van der Waals surface area contributed by atoms with E-state index in [0.29, 0.717) is 6.07 Å². The molecular formula is C22H14F8N2O5. The Bertz CT molecular complexity index is 1300. The number of alkyl halides is 2. The summed E-state index contributed by atoms with van der Waals surface area (Å²) in [5.74, 6) is -19.8. The van der Waals surface area contributed by atoms with E-state index in [9.17, 15) is 49.5 Å². The fraction of sp³-hybridized carbons (Fsp3) is 0.318. The first kappa shape index (κ1) is 26.2. The summed E-state index contributed by atoms with van der Waals surface area (Å²) < 4.78 is 117. The lowest BCUT2D eigenvalue weighted by molar-refractivity contribution is -0.193. The maximum Gasteiger partial charge on any atom is 0.482 e. The summed E-state index contributed by atoms with van der Waals surface area (Å²) in [6.07, 6.45) is -4.51. The molecule has 7 nitrogen and oxygen atoms in total. The van der Waals surface area contributed by atoms with Gasteiger partial charge >= 0.3 is 18.0 Å². The van der Waals surface area contributed by atoms with Gasteiger partial charge in [-0.2, -0.15) is 8.78 Å². The number of anilines is 1. The second-order valence-corrected chi connectivity index (χ2v) is 8.25. The minimum atomic E-state index is -4.60. The smallest absolute Gasteiger partial charge is 0.481 e. The van der Waals surface area contributed by atoms with Gasteiger partial charge in [-0.1, -0.05) is 0 Å². The van der Waals surface area contributed by atoms with E-state index in [2.05, 4.69) is 4.74 Å². The quantitative estimate of drug-likeness (QED) is 0.364. The molecule has 1 fully saturated rings. The number of piperidine rings is 1. The number of hydrogen-bond acceptors (Lipinski definition) is 4. The highest BCUT2D eigenvalue weighted by Gasteiger charge is 2.51. The van der Waals surface area contributed by atoms with E-state index in [1.165, 1.54) is 0 Å². The van der Waals surface area contributed by atoms with Crippen LogP contribution in [0.15, 0.2) is 12.1 Å². The monoisotopic (exact) mass is 538 g/mol. The van der Waals surface area contributed by atoms with Crippen LogP contribution < -0.4 is 9.64 Å². The molecule has 0 atom stereocenters. The Morgan fingerprint density at radius 1 is 0.946 bits per heavy atom. The van der Waals surface area contributed by atoms with Gasteiger partial charge in [0.15, 0.2) is 29.0 Å². The van der Waals surface area contributed by atoms with E-state index in [1.807, 2.05) is 0 Å². The summed E-state index contributed by atoms with van der Waals surface area (Å²) in [4.78, 5) is 37.4. The highest BCUT2D eigenvalue weighted by atomic mass is 19.3. The van der Waals surface area contributed by atoms with Gasteiger partial charge in [-0.05, 0) is 18.9 Å². The van der Waals surface area contributed by atoms with Crippen molar-refractivity contribution in [1.82, 2.24) is 4.90 Å². The molecule has 1 N–H and O–H groups in total. The molecule has 0 saturated carbocycles. The number of aliphatic carboxylic acids is 1.